The Balaban J connectivity index is 2.67. The lowest BCUT2D eigenvalue weighted by Gasteiger charge is -1.96. The number of hydrogen-bond acceptors (Lipinski definition) is 1. The standard InChI is InChI=1S/C10H14N2/c1-2-6-10(11)12-9-7-4-3-5-8-9/h3-5,7-8H,2,6H2,1H3,(H2,11,12). The highest BCUT2D eigenvalue weighted by molar-refractivity contribution is 5.82. The van der Waals surface area contributed by atoms with E-state index in [0.29, 0.717) is 5.84 Å². The van der Waals surface area contributed by atoms with Gasteiger partial charge in [0.1, 0.15) is 0 Å². The van der Waals surface area contributed by atoms with Crippen molar-refractivity contribution in [2.75, 3.05) is 0 Å². The molecule has 0 aliphatic carbocycles. The number of nitrogens with two attached hydrogens (primary N) is 1. The molecule has 0 unspecified atom stereocenters. The number of hydrogen-bond donors (Lipinski definition) is 1. The third-order valence-corrected chi connectivity index (χ3v) is 1.54. The number of benzene rings is 1. The molecule has 2 N–H and O–H groups in total. The van der Waals surface area contributed by atoms with Crippen molar-refractivity contribution in [1.82, 2.24) is 0 Å². The van der Waals surface area contributed by atoms with Crippen LogP contribution in [0.25, 0.3) is 0 Å². The highest BCUT2D eigenvalue weighted by Crippen LogP contribution is 2.09. The predicted molar refractivity (Wildman–Crippen MR) is 52.6 cm³/mol. The molecular weight excluding hydrogens is 148 g/mol. The molecule has 0 heterocycles. The molecule has 0 saturated heterocycles. The summed E-state index contributed by atoms with van der Waals surface area (Å²) in [6, 6.07) is 9.77. The van der Waals surface area contributed by atoms with Crippen molar-refractivity contribution in [3.8, 4) is 0 Å². The van der Waals surface area contributed by atoms with E-state index in [-0.39, 0.29) is 0 Å². The zero-order valence-corrected chi connectivity index (χ0v) is 7.33. The number of rotatable bonds is 3. The molecule has 0 radical (unpaired) electrons. The van der Waals surface area contributed by atoms with E-state index in [4.69, 9.17) is 5.73 Å². The number of nitrogens with zero attached hydrogens (tertiary/aromatic N) is 1. The summed E-state index contributed by atoms with van der Waals surface area (Å²) in [5, 5.41) is 0. The molecular formula is C10H14N2. The Kier molecular flexibility index (Phi) is 3.33. The van der Waals surface area contributed by atoms with Crippen molar-refractivity contribution in [3.05, 3.63) is 30.3 Å². The van der Waals surface area contributed by atoms with E-state index in [1.807, 2.05) is 30.3 Å². The Hall–Kier alpha value is -1.31. The molecule has 1 aromatic rings. The van der Waals surface area contributed by atoms with Gasteiger partial charge in [0.05, 0.1) is 11.5 Å². The van der Waals surface area contributed by atoms with Gasteiger partial charge in [0.25, 0.3) is 0 Å². The lowest BCUT2D eigenvalue weighted by atomic mass is 10.3. The maximum Gasteiger partial charge on any atom is 0.0996 e. The van der Waals surface area contributed by atoms with Gasteiger partial charge in [-0.3, -0.25) is 0 Å². The van der Waals surface area contributed by atoms with E-state index < -0.39 is 0 Å². The van der Waals surface area contributed by atoms with Gasteiger partial charge in [-0.25, -0.2) is 4.99 Å². The van der Waals surface area contributed by atoms with Crippen molar-refractivity contribution < 1.29 is 0 Å². The second-order valence-electron chi connectivity index (χ2n) is 2.69. The van der Waals surface area contributed by atoms with Gasteiger partial charge in [-0.05, 0) is 18.6 Å². The largest absolute Gasteiger partial charge is 0.387 e. The molecule has 64 valence electrons. The molecule has 0 fully saturated rings. The molecule has 0 spiro atoms. The zero-order chi connectivity index (χ0) is 8.81. The number of amidine groups is 1. The van der Waals surface area contributed by atoms with Crippen molar-refractivity contribution in [1.29, 1.82) is 0 Å². The lowest BCUT2D eigenvalue weighted by Crippen LogP contribution is -2.09. The summed E-state index contributed by atoms with van der Waals surface area (Å²) in [5.41, 5.74) is 6.60. The lowest BCUT2D eigenvalue weighted by molar-refractivity contribution is 0.983. The third-order valence-electron chi connectivity index (χ3n) is 1.54. The van der Waals surface area contributed by atoms with Crippen molar-refractivity contribution in [3.63, 3.8) is 0 Å². The Morgan fingerprint density at radius 2 is 2.00 bits per heavy atom. The average molecular weight is 162 g/mol. The maximum absolute atomic E-state index is 5.67. The van der Waals surface area contributed by atoms with Crippen molar-refractivity contribution >= 4 is 11.5 Å². The Morgan fingerprint density at radius 1 is 1.33 bits per heavy atom. The van der Waals surface area contributed by atoms with E-state index >= 15 is 0 Å². The molecule has 2 nitrogen and oxygen atoms in total. The summed E-state index contributed by atoms with van der Waals surface area (Å²) in [6.45, 7) is 2.09. The monoisotopic (exact) mass is 162 g/mol. The van der Waals surface area contributed by atoms with Crippen molar-refractivity contribution in [2.45, 2.75) is 19.8 Å². The topological polar surface area (TPSA) is 38.4 Å². The smallest absolute Gasteiger partial charge is 0.0996 e. The summed E-state index contributed by atoms with van der Waals surface area (Å²) < 4.78 is 0. The summed E-state index contributed by atoms with van der Waals surface area (Å²) in [5.74, 6) is 0.712. The molecule has 0 saturated carbocycles. The number of aliphatic imine (C=N–C) groups is 1. The van der Waals surface area contributed by atoms with Crippen LogP contribution in [0.15, 0.2) is 35.3 Å². The molecule has 0 atom stereocenters. The van der Waals surface area contributed by atoms with Crippen LogP contribution >= 0.6 is 0 Å². The van der Waals surface area contributed by atoms with Gasteiger partial charge in [0.2, 0.25) is 0 Å². The Morgan fingerprint density at radius 3 is 2.58 bits per heavy atom. The normalized spacial score (nSPS) is 11.6. The highest BCUT2D eigenvalue weighted by Gasteiger charge is 1.90. The molecule has 0 bridgehead atoms. The predicted octanol–water partition coefficient (Wildman–Crippen LogP) is 2.48. The molecule has 12 heavy (non-hydrogen) atoms. The van der Waals surface area contributed by atoms with Crippen LogP contribution in [0.3, 0.4) is 0 Å². The number of para-hydroxylation sites is 1. The molecule has 0 aliphatic rings. The van der Waals surface area contributed by atoms with Crippen LogP contribution < -0.4 is 5.73 Å². The van der Waals surface area contributed by atoms with Crippen molar-refractivity contribution in [2.24, 2.45) is 10.7 Å². The van der Waals surface area contributed by atoms with Crippen LogP contribution in [0.2, 0.25) is 0 Å². The SMILES string of the molecule is CCCC(N)=Nc1ccccc1. The minimum Gasteiger partial charge on any atom is -0.387 e. The van der Waals surface area contributed by atoms with E-state index in [1.54, 1.807) is 0 Å². The summed E-state index contributed by atoms with van der Waals surface area (Å²) in [7, 11) is 0. The third kappa shape index (κ3) is 2.74. The van der Waals surface area contributed by atoms with Gasteiger partial charge in [-0.1, -0.05) is 25.1 Å². The molecule has 0 aromatic heterocycles. The van der Waals surface area contributed by atoms with E-state index in [9.17, 15) is 0 Å². The van der Waals surface area contributed by atoms with Crippen LogP contribution in [0.5, 0.6) is 0 Å². The van der Waals surface area contributed by atoms with Gasteiger partial charge in [-0.15, -0.1) is 0 Å². The Bertz CT molecular complexity index is 252. The minimum atomic E-state index is 0.712. The quantitative estimate of drug-likeness (QED) is 0.538. The summed E-state index contributed by atoms with van der Waals surface area (Å²) >= 11 is 0. The minimum absolute atomic E-state index is 0.712. The van der Waals surface area contributed by atoms with E-state index in [2.05, 4.69) is 11.9 Å². The average Bonchev–Trinajstić information content (AvgIpc) is 2.06. The van der Waals surface area contributed by atoms with Gasteiger partial charge in [0.15, 0.2) is 0 Å². The second kappa shape index (κ2) is 4.54. The summed E-state index contributed by atoms with van der Waals surface area (Å²) in [4.78, 5) is 4.24. The fourth-order valence-electron chi connectivity index (χ4n) is 0.980. The fraction of sp³-hybridized carbons (Fsp3) is 0.300. The van der Waals surface area contributed by atoms with E-state index in [0.717, 1.165) is 18.5 Å². The molecule has 0 aliphatic heterocycles. The molecule has 2 heteroatoms. The molecule has 0 amide bonds. The first-order valence-corrected chi connectivity index (χ1v) is 4.21. The fourth-order valence-corrected chi connectivity index (χ4v) is 0.980. The van der Waals surface area contributed by atoms with Crippen LogP contribution in [-0.2, 0) is 0 Å². The first-order chi connectivity index (χ1) is 5.83. The van der Waals surface area contributed by atoms with Crippen LogP contribution in [0, 0.1) is 0 Å². The van der Waals surface area contributed by atoms with E-state index in [1.165, 1.54) is 0 Å². The molecule has 1 aromatic carbocycles. The van der Waals surface area contributed by atoms with Gasteiger partial charge < -0.3 is 5.73 Å². The van der Waals surface area contributed by atoms with Gasteiger partial charge in [-0.2, -0.15) is 0 Å². The van der Waals surface area contributed by atoms with Crippen LogP contribution in [-0.4, -0.2) is 5.84 Å². The second-order valence-corrected chi connectivity index (χ2v) is 2.69. The first kappa shape index (κ1) is 8.78. The molecule has 1 rings (SSSR count). The first-order valence-electron chi connectivity index (χ1n) is 4.21. The van der Waals surface area contributed by atoms with Gasteiger partial charge >= 0.3 is 0 Å². The van der Waals surface area contributed by atoms with Gasteiger partial charge in [0, 0.05) is 6.42 Å². The summed E-state index contributed by atoms with van der Waals surface area (Å²) in [6.07, 6.45) is 1.91. The van der Waals surface area contributed by atoms with Crippen LogP contribution in [0.4, 0.5) is 5.69 Å². The highest BCUT2D eigenvalue weighted by atomic mass is 14.8. The van der Waals surface area contributed by atoms with Crippen LogP contribution in [0.1, 0.15) is 19.8 Å². The maximum atomic E-state index is 5.67. The Labute approximate surface area is 73.1 Å². The zero-order valence-electron chi connectivity index (χ0n) is 7.33.